The van der Waals surface area contributed by atoms with Crippen LogP contribution in [0.1, 0.15) is 42.5 Å². The van der Waals surface area contributed by atoms with Crippen molar-refractivity contribution in [1.82, 2.24) is 9.88 Å². The lowest BCUT2D eigenvalue weighted by Crippen LogP contribution is -2.39. The van der Waals surface area contributed by atoms with Crippen LogP contribution < -0.4 is 5.32 Å². The van der Waals surface area contributed by atoms with E-state index in [9.17, 15) is 18.4 Å². The molecular formula is C22H23F2N3O2. The number of nitrogens with one attached hydrogen (secondary N) is 1. The highest BCUT2D eigenvalue weighted by molar-refractivity contribution is 5.97. The van der Waals surface area contributed by atoms with Gasteiger partial charge in [0.25, 0.3) is 5.91 Å². The summed E-state index contributed by atoms with van der Waals surface area (Å²) < 4.78 is 27.5. The molecule has 2 heterocycles. The van der Waals surface area contributed by atoms with Crippen molar-refractivity contribution in [3.05, 3.63) is 59.9 Å². The van der Waals surface area contributed by atoms with Crippen molar-refractivity contribution >= 4 is 17.5 Å². The first-order valence-corrected chi connectivity index (χ1v) is 9.94. The van der Waals surface area contributed by atoms with Gasteiger partial charge in [0.2, 0.25) is 5.91 Å². The molecule has 1 aromatic carbocycles. The number of carbonyl (C=O) groups is 2. The molecule has 1 aliphatic carbocycles. The Balaban J connectivity index is 1.58. The molecule has 29 heavy (non-hydrogen) atoms. The largest absolute Gasteiger partial charge is 0.337 e. The van der Waals surface area contributed by atoms with Crippen LogP contribution in [0.5, 0.6) is 0 Å². The summed E-state index contributed by atoms with van der Waals surface area (Å²) in [6.45, 7) is 0.766. The lowest BCUT2D eigenvalue weighted by molar-refractivity contribution is -0.123. The maximum atomic E-state index is 14.0. The van der Waals surface area contributed by atoms with Crippen molar-refractivity contribution in [2.45, 2.75) is 32.1 Å². The van der Waals surface area contributed by atoms with E-state index in [1.165, 1.54) is 0 Å². The van der Waals surface area contributed by atoms with Crippen molar-refractivity contribution in [3.8, 4) is 0 Å². The van der Waals surface area contributed by atoms with E-state index >= 15 is 0 Å². The van der Waals surface area contributed by atoms with Crippen molar-refractivity contribution in [2.75, 3.05) is 18.4 Å². The molecule has 1 saturated heterocycles. The van der Waals surface area contributed by atoms with Gasteiger partial charge in [-0.3, -0.25) is 14.6 Å². The third kappa shape index (κ3) is 3.86. The average molecular weight is 399 g/mol. The number of benzene rings is 1. The molecule has 2 aliphatic rings. The van der Waals surface area contributed by atoms with Crippen LogP contribution in [0.4, 0.5) is 14.5 Å². The molecule has 1 N–H and O–H groups in total. The van der Waals surface area contributed by atoms with Crippen LogP contribution in [0.2, 0.25) is 0 Å². The number of nitrogens with zero attached hydrogens (tertiary/aromatic N) is 2. The van der Waals surface area contributed by atoms with E-state index in [2.05, 4.69) is 10.3 Å². The van der Waals surface area contributed by atoms with Crippen molar-refractivity contribution in [2.24, 2.45) is 11.3 Å². The molecule has 7 heteroatoms. The number of anilines is 1. The van der Waals surface area contributed by atoms with Crippen LogP contribution in [0.15, 0.2) is 42.7 Å². The van der Waals surface area contributed by atoms with Crippen LogP contribution in [0, 0.1) is 23.0 Å². The van der Waals surface area contributed by atoms with Crippen LogP contribution in [-0.2, 0) is 4.79 Å². The van der Waals surface area contributed by atoms with Gasteiger partial charge in [0.1, 0.15) is 11.6 Å². The standard InChI is InChI=1S/C22H23F2N3O2/c23-16-4-5-18(24)19(12-16)26-20(28)17-13-27(14-22(17)8-2-1-3-9-22)21(29)15-6-10-25-11-7-15/h4-7,10-12,17H,1-3,8-9,13-14H2,(H,26,28). The van der Waals surface area contributed by atoms with Gasteiger partial charge in [0, 0.05) is 42.5 Å². The molecule has 1 saturated carbocycles. The fraction of sp³-hybridized carbons (Fsp3) is 0.409. The number of rotatable bonds is 3. The minimum Gasteiger partial charge on any atom is -0.337 e. The van der Waals surface area contributed by atoms with Gasteiger partial charge in [-0.05, 0) is 37.1 Å². The normalized spacial score (nSPS) is 20.6. The quantitative estimate of drug-likeness (QED) is 0.848. The van der Waals surface area contributed by atoms with E-state index in [-0.39, 0.29) is 29.5 Å². The summed E-state index contributed by atoms with van der Waals surface area (Å²) >= 11 is 0. The molecule has 2 amide bonds. The van der Waals surface area contributed by atoms with E-state index in [1.54, 1.807) is 29.4 Å². The predicted molar refractivity (Wildman–Crippen MR) is 104 cm³/mol. The summed E-state index contributed by atoms with van der Waals surface area (Å²) in [5.41, 5.74) is 0.0394. The summed E-state index contributed by atoms with van der Waals surface area (Å²) in [6.07, 6.45) is 7.92. The first-order valence-electron chi connectivity index (χ1n) is 9.94. The molecule has 1 spiro atoms. The van der Waals surface area contributed by atoms with Crippen LogP contribution in [-0.4, -0.2) is 34.8 Å². The third-order valence-corrected chi connectivity index (χ3v) is 6.21. The Morgan fingerprint density at radius 3 is 2.52 bits per heavy atom. The van der Waals surface area contributed by atoms with E-state index in [4.69, 9.17) is 0 Å². The molecule has 0 bridgehead atoms. The maximum Gasteiger partial charge on any atom is 0.254 e. The number of halogens is 2. The van der Waals surface area contributed by atoms with Crippen molar-refractivity contribution in [1.29, 1.82) is 0 Å². The SMILES string of the molecule is O=C(Nc1cc(F)ccc1F)C1CN(C(=O)c2ccncc2)CC12CCCCC2. The summed E-state index contributed by atoms with van der Waals surface area (Å²) in [6, 6.07) is 6.31. The Hall–Kier alpha value is -2.83. The minimum atomic E-state index is -0.680. The number of pyridine rings is 1. The zero-order valence-corrected chi connectivity index (χ0v) is 16.0. The smallest absolute Gasteiger partial charge is 0.254 e. The second-order valence-corrected chi connectivity index (χ2v) is 8.01. The van der Waals surface area contributed by atoms with Crippen molar-refractivity contribution < 1.29 is 18.4 Å². The molecule has 5 nitrogen and oxygen atoms in total. The summed E-state index contributed by atoms with van der Waals surface area (Å²) in [5, 5.41) is 2.56. The first kappa shape index (κ1) is 19.5. The van der Waals surface area contributed by atoms with Crippen LogP contribution in [0.25, 0.3) is 0 Å². The van der Waals surface area contributed by atoms with Gasteiger partial charge in [-0.15, -0.1) is 0 Å². The highest BCUT2D eigenvalue weighted by Crippen LogP contribution is 2.48. The molecule has 1 aromatic heterocycles. The Kier molecular flexibility index (Phi) is 5.30. The predicted octanol–water partition coefficient (Wildman–Crippen LogP) is 4.02. The highest BCUT2D eigenvalue weighted by Gasteiger charge is 2.51. The molecule has 0 radical (unpaired) electrons. The lowest BCUT2D eigenvalue weighted by Gasteiger charge is -2.37. The van der Waals surface area contributed by atoms with Crippen LogP contribution in [0.3, 0.4) is 0 Å². The molecule has 1 atom stereocenters. The number of likely N-dealkylation sites (tertiary alicyclic amines) is 1. The first-order chi connectivity index (χ1) is 14.0. The summed E-state index contributed by atoms with van der Waals surface area (Å²) in [4.78, 5) is 31.7. The van der Waals surface area contributed by atoms with Crippen LogP contribution >= 0.6 is 0 Å². The number of aromatic nitrogens is 1. The van der Waals surface area contributed by atoms with Gasteiger partial charge in [-0.25, -0.2) is 8.78 Å². The van der Waals surface area contributed by atoms with Gasteiger partial charge in [0.05, 0.1) is 11.6 Å². The highest BCUT2D eigenvalue weighted by atomic mass is 19.1. The molecule has 1 unspecified atom stereocenters. The monoisotopic (exact) mass is 399 g/mol. The van der Waals surface area contributed by atoms with E-state index in [1.807, 2.05) is 0 Å². The Morgan fingerprint density at radius 1 is 1.07 bits per heavy atom. The zero-order chi connectivity index (χ0) is 20.4. The maximum absolute atomic E-state index is 14.0. The van der Waals surface area contributed by atoms with Gasteiger partial charge in [0.15, 0.2) is 0 Å². The second-order valence-electron chi connectivity index (χ2n) is 8.01. The number of amides is 2. The van der Waals surface area contributed by atoms with Gasteiger partial charge in [-0.1, -0.05) is 19.3 Å². The lowest BCUT2D eigenvalue weighted by atomic mass is 9.67. The topological polar surface area (TPSA) is 62.3 Å². The van der Waals surface area contributed by atoms with Gasteiger partial charge >= 0.3 is 0 Å². The zero-order valence-electron chi connectivity index (χ0n) is 16.0. The molecule has 4 rings (SSSR count). The Bertz CT molecular complexity index is 914. The van der Waals surface area contributed by atoms with Crippen molar-refractivity contribution in [3.63, 3.8) is 0 Å². The molecule has 2 aromatic rings. The summed E-state index contributed by atoms with van der Waals surface area (Å²) in [5.74, 6) is -2.25. The fourth-order valence-corrected chi connectivity index (χ4v) is 4.74. The third-order valence-electron chi connectivity index (χ3n) is 6.21. The second kappa shape index (κ2) is 7.89. The van der Waals surface area contributed by atoms with E-state index < -0.39 is 17.6 Å². The molecule has 152 valence electrons. The number of hydrogen-bond acceptors (Lipinski definition) is 3. The van der Waals surface area contributed by atoms with Gasteiger partial charge < -0.3 is 10.2 Å². The summed E-state index contributed by atoms with van der Waals surface area (Å²) in [7, 11) is 0. The molecule has 1 aliphatic heterocycles. The molecular weight excluding hydrogens is 376 g/mol. The minimum absolute atomic E-state index is 0.135. The number of carbonyl (C=O) groups excluding carboxylic acids is 2. The van der Waals surface area contributed by atoms with E-state index in [0.29, 0.717) is 12.1 Å². The molecule has 2 fully saturated rings. The Labute approximate surface area is 168 Å². The average Bonchev–Trinajstić information content (AvgIpc) is 3.10. The fourth-order valence-electron chi connectivity index (χ4n) is 4.74. The Morgan fingerprint density at radius 2 is 1.79 bits per heavy atom. The van der Waals surface area contributed by atoms with Gasteiger partial charge in [-0.2, -0.15) is 0 Å². The number of hydrogen-bond donors (Lipinski definition) is 1. The van der Waals surface area contributed by atoms with E-state index in [0.717, 1.165) is 50.3 Å².